The number of hydrogen-bond donors (Lipinski definition) is 3. The molecule has 0 radical (unpaired) electrons. The quantitative estimate of drug-likeness (QED) is 0.0786. The van der Waals surface area contributed by atoms with E-state index in [0.29, 0.717) is 23.0 Å². The van der Waals surface area contributed by atoms with Crippen LogP contribution in [0.15, 0.2) is 229 Å². The molecule has 0 aromatic heterocycles. The first-order valence-corrected chi connectivity index (χ1v) is 25.4. The molecule has 0 amide bonds. The summed E-state index contributed by atoms with van der Waals surface area (Å²) >= 11 is 0. The maximum absolute atomic E-state index is 11.5. The number of phenolic OH excluding ortho intramolecular Hbond substituents is 3. The van der Waals surface area contributed by atoms with Crippen molar-refractivity contribution in [2.45, 2.75) is 0 Å². The molecule has 0 fully saturated rings. The molecule has 9 rings (SSSR count). The highest BCUT2D eigenvalue weighted by atomic mass is 31.3. The van der Waals surface area contributed by atoms with Gasteiger partial charge < -0.3 is 52.5 Å². The van der Waals surface area contributed by atoms with Crippen LogP contribution in [0.4, 0.5) is 0 Å². The van der Waals surface area contributed by atoms with Gasteiger partial charge in [0.1, 0.15) is 28.7 Å². The van der Waals surface area contributed by atoms with Crippen LogP contribution in [0.25, 0.3) is 0 Å². The van der Waals surface area contributed by atoms with Gasteiger partial charge in [-0.15, -0.1) is 4.52 Å². The maximum Gasteiger partial charge on any atom is 0.447 e. The summed E-state index contributed by atoms with van der Waals surface area (Å²) in [7, 11) is -12.8. The summed E-state index contributed by atoms with van der Waals surface area (Å²) in [4.78, 5) is 21.0. The lowest BCUT2D eigenvalue weighted by Crippen LogP contribution is -2.39. The molecule has 0 aliphatic carbocycles. The number of benzene rings is 8. The van der Waals surface area contributed by atoms with Gasteiger partial charge in [-0.3, -0.25) is 0 Å². The second kappa shape index (κ2) is 21.5. The van der Waals surface area contributed by atoms with E-state index < -0.39 is 33.0 Å². The minimum Gasteiger partial charge on any atom is -0.504 e. The van der Waals surface area contributed by atoms with Crippen molar-refractivity contribution in [2.75, 3.05) is 0 Å². The minimum absolute atomic E-state index is 0.00803. The van der Waals surface area contributed by atoms with Crippen molar-refractivity contribution in [1.82, 2.24) is 13.8 Å². The van der Waals surface area contributed by atoms with Crippen LogP contribution in [-0.2, 0) is 0 Å². The van der Waals surface area contributed by atoms with Crippen LogP contribution in [0.3, 0.4) is 0 Å². The Hall–Kier alpha value is -7.04. The number of aromatic hydroxyl groups is 3. The molecule has 1 aliphatic rings. The average molecular weight is 973 g/mol. The van der Waals surface area contributed by atoms with Gasteiger partial charge in [0.15, 0.2) is 34.5 Å². The molecule has 15 nitrogen and oxygen atoms in total. The van der Waals surface area contributed by atoms with E-state index in [2.05, 4.69) is 0 Å². The Kier molecular flexibility index (Phi) is 14.5. The monoisotopic (exact) mass is 972 g/mol. The first-order valence-electron chi connectivity index (χ1n) is 20.4. The Morgan fingerprint density at radius 3 is 1.12 bits per heavy atom. The van der Waals surface area contributed by atoms with Crippen LogP contribution in [0, 0.1) is 0 Å². The van der Waals surface area contributed by atoms with Crippen LogP contribution >= 0.6 is 33.0 Å². The van der Waals surface area contributed by atoms with Gasteiger partial charge in [0, 0.05) is 13.8 Å². The first kappa shape index (κ1) is 45.1. The highest BCUT2D eigenvalue weighted by molar-refractivity contribution is 7.78. The maximum atomic E-state index is 11.5. The van der Waals surface area contributed by atoms with Crippen molar-refractivity contribution in [1.29, 1.82) is 0 Å². The summed E-state index contributed by atoms with van der Waals surface area (Å²) in [5.41, 5.74) is 0. The second-order valence-electron chi connectivity index (χ2n) is 13.8. The molecule has 338 valence electrons. The lowest BCUT2D eigenvalue weighted by molar-refractivity contribution is 0.0376. The van der Waals surface area contributed by atoms with E-state index in [9.17, 15) is 15.3 Å². The SMILES string of the molecule is Oc1ccccc1OP1N=P(Oc2ccccc2O)(Oc2ccccc2O)N(Oc2ccccc2)P(Oc2ccccc2)N(Oc2ccccc2)P(Oc2ccccc2)N1Oc1ccccc1. The fraction of sp³-hybridized carbons (Fsp3) is 0. The molecule has 0 bridgehead atoms. The Balaban J connectivity index is 1.42. The predicted molar refractivity (Wildman–Crippen MR) is 257 cm³/mol. The molecular weight excluding hydrogens is 932 g/mol. The molecule has 3 atom stereocenters. The smallest absolute Gasteiger partial charge is 0.447 e. The number of rotatable bonds is 16. The van der Waals surface area contributed by atoms with Crippen molar-refractivity contribution < 1.29 is 52.5 Å². The highest BCUT2D eigenvalue weighted by Gasteiger charge is 2.59. The predicted octanol–water partition coefficient (Wildman–Crippen LogP) is 14.0. The van der Waals surface area contributed by atoms with Crippen LogP contribution in [0.5, 0.6) is 63.2 Å². The molecule has 8 aromatic carbocycles. The van der Waals surface area contributed by atoms with E-state index in [1.165, 1.54) is 44.1 Å². The number of hydrogen-bond acceptors (Lipinski definition) is 15. The second-order valence-corrected chi connectivity index (χ2v) is 21.0. The van der Waals surface area contributed by atoms with E-state index in [1.54, 1.807) is 152 Å². The Morgan fingerprint density at radius 1 is 0.343 bits per heavy atom. The van der Waals surface area contributed by atoms with Gasteiger partial charge in [-0.25, -0.2) is 0 Å². The summed E-state index contributed by atoms with van der Waals surface area (Å²) < 4.78 is 44.6. The number of para-hydroxylation sites is 11. The van der Waals surface area contributed by atoms with Gasteiger partial charge in [-0.2, -0.15) is 0 Å². The average Bonchev–Trinajstić information content (AvgIpc) is 3.36. The van der Waals surface area contributed by atoms with E-state index >= 15 is 0 Å². The fourth-order valence-corrected chi connectivity index (χ4v) is 15.7. The summed E-state index contributed by atoms with van der Waals surface area (Å²) in [5, 5.41) is 34.4. The molecule has 3 unspecified atom stereocenters. The third-order valence-corrected chi connectivity index (χ3v) is 17.9. The van der Waals surface area contributed by atoms with E-state index in [0.717, 1.165) is 0 Å². The third-order valence-electron chi connectivity index (χ3n) is 9.00. The molecule has 67 heavy (non-hydrogen) atoms. The minimum atomic E-state index is -4.68. The summed E-state index contributed by atoms with van der Waals surface area (Å²) in [6, 6.07) is 63.4. The van der Waals surface area contributed by atoms with Gasteiger partial charge in [0.05, 0.1) is 0 Å². The largest absolute Gasteiger partial charge is 0.504 e. The Bertz CT molecular complexity index is 2840. The highest BCUT2D eigenvalue weighted by Crippen LogP contribution is 2.78. The molecule has 0 saturated heterocycles. The normalized spacial score (nSPS) is 17.3. The van der Waals surface area contributed by atoms with Gasteiger partial charge >= 0.3 is 33.0 Å². The lowest BCUT2D eigenvalue weighted by atomic mass is 10.3. The zero-order valence-corrected chi connectivity index (χ0v) is 38.6. The van der Waals surface area contributed by atoms with Crippen molar-refractivity contribution >= 4 is 33.0 Å². The first-order chi connectivity index (χ1) is 32.9. The molecule has 0 saturated carbocycles. The van der Waals surface area contributed by atoms with E-state index in [1.807, 2.05) is 42.5 Å². The van der Waals surface area contributed by atoms with Gasteiger partial charge in [0.2, 0.25) is 0 Å². The van der Waals surface area contributed by atoms with E-state index in [4.69, 9.17) is 41.6 Å². The molecular formula is C48H40N4O11P4. The molecule has 0 spiro atoms. The van der Waals surface area contributed by atoms with Gasteiger partial charge in [-0.05, 0) is 97.1 Å². The number of phenols is 3. The third kappa shape index (κ3) is 11.2. The molecule has 8 aromatic rings. The summed E-state index contributed by atoms with van der Waals surface area (Å²) in [6.45, 7) is 0. The van der Waals surface area contributed by atoms with Crippen LogP contribution < -0.4 is 37.1 Å². The van der Waals surface area contributed by atoms with E-state index in [-0.39, 0.29) is 40.2 Å². The van der Waals surface area contributed by atoms with Crippen LogP contribution in [-0.4, -0.2) is 29.1 Å². The zero-order chi connectivity index (χ0) is 45.8. The van der Waals surface area contributed by atoms with Crippen LogP contribution in [0.2, 0.25) is 0 Å². The van der Waals surface area contributed by atoms with Crippen molar-refractivity contribution in [3.8, 4) is 63.2 Å². The molecule has 1 heterocycles. The molecule has 3 N–H and O–H groups in total. The Morgan fingerprint density at radius 2 is 0.687 bits per heavy atom. The number of nitrogens with zero attached hydrogens (tertiary/aromatic N) is 4. The summed E-state index contributed by atoms with van der Waals surface area (Å²) in [5.74, 6) is 0.654. The zero-order valence-electron chi connectivity index (χ0n) is 35.0. The van der Waals surface area contributed by atoms with Gasteiger partial charge in [0.25, 0.3) is 0 Å². The molecule has 19 heteroatoms. The fourth-order valence-electron chi connectivity index (χ4n) is 5.89. The summed E-state index contributed by atoms with van der Waals surface area (Å²) in [6.07, 6.45) is 0. The van der Waals surface area contributed by atoms with Gasteiger partial charge in [-0.1, -0.05) is 127 Å². The molecule has 1 aliphatic heterocycles. The van der Waals surface area contributed by atoms with Crippen molar-refractivity contribution in [2.24, 2.45) is 4.52 Å². The van der Waals surface area contributed by atoms with Crippen molar-refractivity contribution in [3.05, 3.63) is 224 Å². The van der Waals surface area contributed by atoms with Crippen LogP contribution in [0.1, 0.15) is 0 Å². The standard InChI is InChI=1S/C48H40N4O11P4/c53-43-32-16-19-35-46(43)61-64-49-67(62-47-36-20-17-33-44(47)54,63-48-37-21-18-34-45(48)55)52(58-40-26-10-3-11-27-40)66(60-42-30-14-5-15-31-42)51(57-39-24-8-2-9-25-39)65(59-41-28-12-4-13-29-41)50(64)56-38-22-6-1-7-23-38/h1-37,53-55H. The van der Waals surface area contributed by atoms with Crippen molar-refractivity contribution in [3.63, 3.8) is 0 Å². The Labute approximate surface area is 390 Å². The topological polar surface area (TPSA) is 157 Å². The lowest BCUT2D eigenvalue weighted by Gasteiger charge is -2.45.